The minimum atomic E-state index is -0.355. The highest BCUT2D eigenvalue weighted by molar-refractivity contribution is 6.30. The maximum absolute atomic E-state index is 12.4. The summed E-state index contributed by atoms with van der Waals surface area (Å²) in [5.74, 6) is 1.06. The van der Waals surface area contributed by atoms with Crippen molar-refractivity contribution in [1.29, 1.82) is 0 Å². The van der Waals surface area contributed by atoms with Crippen LogP contribution >= 0.6 is 11.6 Å². The van der Waals surface area contributed by atoms with Crippen molar-refractivity contribution in [2.24, 2.45) is 0 Å². The molecule has 8 nitrogen and oxygen atoms in total. The van der Waals surface area contributed by atoms with Gasteiger partial charge < -0.3 is 10.6 Å². The monoisotopic (exact) mass is 445 g/mol. The van der Waals surface area contributed by atoms with Gasteiger partial charge in [0.15, 0.2) is 11.6 Å². The van der Waals surface area contributed by atoms with Gasteiger partial charge in [-0.15, -0.1) is 0 Å². The Morgan fingerprint density at radius 2 is 1.69 bits per heavy atom. The number of carbonyl (C=O) groups is 1. The molecule has 0 saturated heterocycles. The van der Waals surface area contributed by atoms with Gasteiger partial charge in [-0.3, -0.25) is 15.6 Å². The minimum Gasteiger partial charge on any atom is -0.393 e. The van der Waals surface area contributed by atoms with Gasteiger partial charge >= 0.3 is 0 Å². The fraction of sp³-hybridized carbons (Fsp3) is 0.0435. The number of nitrogens with zero attached hydrogens (tertiary/aromatic N) is 4. The summed E-state index contributed by atoms with van der Waals surface area (Å²) in [6, 6.07) is 22.0. The van der Waals surface area contributed by atoms with E-state index in [1.54, 1.807) is 30.5 Å². The van der Waals surface area contributed by atoms with Crippen molar-refractivity contribution in [2.45, 2.75) is 6.54 Å². The Morgan fingerprint density at radius 1 is 0.938 bits per heavy atom. The van der Waals surface area contributed by atoms with Gasteiger partial charge in [-0.05, 0) is 42.0 Å². The second-order valence-electron chi connectivity index (χ2n) is 6.81. The fourth-order valence-electron chi connectivity index (χ4n) is 3.03. The molecule has 0 radical (unpaired) electrons. The molecule has 0 unspecified atom stereocenters. The second kappa shape index (κ2) is 9.76. The van der Waals surface area contributed by atoms with Crippen LogP contribution in [0, 0.1) is 0 Å². The molecule has 2 aromatic carbocycles. The summed E-state index contributed by atoms with van der Waals surface area (Å²) in [4.78, 5) is 27.3. The van der Waals surface area contributed by atoms with Crippen LogP contribution < -0.4 is 21.5 Å². The van der Waals surface area contributed by atoms with Gasteiger partial charge in [0.2, 0.25) is 0 Å². The molecule has 0 spiro atoms. The van der Waals surface area contributed by atoms with E-state index in [1.807, 2.05) is 53.4 Å². The molecule has 160 valence electrons. The predicted molar refractivity (Wildman–Crippen MR) is 126 cm³/mol. The number of benzene rings is 2. The molecule has 32 heavy (non-hydrogen) atoms. The predicted octanol–water partition coefficient (Wildman–Crippen LogP) is 4.20. The minimum absolute atomic E-state index is 0.269. The highest BCUT2D eigenvalue weighted by atomic mass is 35.5. The van der Waals surface area contributed by atoms with Crippen molar-refractivity contribution >= 4 is 40.6 Å². The number of nitrogens with two attached hydrogens (primary N) is 1. The van der Waals surface area contributed by atoms with Crippen LogP contribution in [0.3, 0.4) is 0 Å². The highest BCUT2D eigenvalue weighted by Gasteiger charge is 2.19. The molecule has 1 amide bonds. The zero-order valence-corrected chi connectivity index (χ0v) is 17.7. The normalized spacial score (nSPS) is 10.4. The summed E-state index contributed by atoms with van der Waals surface area (Å²) in [6.45, 7) is 0.496. The van der Waals surface area contributed by atoms with Crippen molar-refractivity contribution in [3.63, 3.8) is 0 Å². The van der Waals surface area contributed by atoms with Crippen LogP contribution in [0.1, 0.15) is 15.9 Å². The van der Waals surface area contributed by atoms with E-state index in [1.165, 1.54) is 6.33 Å². The Hall–Kier alpha value is -4.17. The molecule has 2 heterocycles. The summed E-state index contributed by atoms with van der Waals surface area (Å²) >= 11 is 5.88. The summed E-state index contributed by atoms with van der Waals surface area (Å²) < 4.78 is 0. The highest BCUT2D eigenvalue weighted by Crippen LogP contribution is 2.31. The Kier molecular flexibility index (Phi) is 6.43. The molecule has 2 aromatic heterocycles. The van der Waals surface area contributed by atoms with Gasteiger partial charge in [-0.1, -0.05) is 48.0 Å². The molecular formula is C23H20ClN7O. The number of hydrazine groups is 1. The zero-order chi connectivity index (χ0) is 22.3. The van der Waals surface area contributed by atoms with E-state index >= 15 is 0 Å². The maximum Gasteiger partial charge on any atom is 0.269 e. The summed E-state index contributed by atoms with van der Waals surface area (Å²) in [5.41, 5.74) is 13.5. The van der Waals surface area contributed by atoms with Gasteiger partial charge in [0.1, 0.15) is 17.8 Å². The summed E-state index contributed by atoms with van der Waals surface area (Å²) in [6.07, 6.45) is 3.08. The van der Waals surface area contributed by atoms with Crippen LogP contribution in [0.2, 0.25) is 5.02 Å². The zero-order valence-electron chi connectivity index (χ0n) is 16.9. The van der Waals surface area contributed by atoms with Crippen LogP contribution in [-0.4, -0.2) is 20.9 Å². The van der Waals surface area contributed by atoms with Crippen molar-refractivity contribution in [2.75, 3.05) is 16.1 Å². The number of nitrogen functional groups attached to an aromatic ring is 1. The van der Waals surface area contributed by atoms with E-state index in [4.69, 9.17) is 17.3 Å². The molecule has 0 atom stereocenters. The topological polar surface area (TPSA) is 109 Å². The van der Waals surface area contributed by atoms with Gasteiger partial charge in [-0.2, -0.15) is 0 Å². The van der Waals surface area contributed by atoms with E-state index in [0.717, 1.165) is 5.56 Å². The van der Waals surface area contributed by atoms with Gasteiger partial charge in [0, 0.05) is 16.8 Å². The molecule has 0 bridgehead atoms. The standard InChI is InChI=1S/C23H20ClN7O/c24-18-11-9-17(10-12-18)23(32)30-29-21-20(25)22(28-15-27-21)31(19-8-4-5-13-26-19)14-16-6-2-1-3-7-16/h1-13,15H,14,25H2,(H,30,32)(H,27,28,29). The fourth-order valence-corrected chi connectivity index (χ4v) is 3.16. The average Bonchev–Trinajstić information content (AvgIpc) is 2.83. The Bertz CT molecular complexity index is 1190. The van der Waals surface area contributed by atoms with Gasteiger partial charge in [0.25, 0.3) is 5.91 Å². The molecule has 4 N–H and O–H groups in total. The lowest BCUT2D eigenvalue weighted by molar-refractivity contribution is 0.0962. The molecular weight excluding hydrogens is 426 g/mol. The van der Waals surface area contributed by atoms with Crippen LogP contribution in [-0.2, 0) is 6.54 Å². The lowest BCUT2D eigenvalue weighted by Crippen LogP contribution is -2.30. The molecule has 0 fully saturated rings. The van der Waals surface area contributed by atoms with Crippen molar-refractivity contribution < 1.29 is 4.79 Å². The number of rotatable bonds is 7. The Morgan fingerprint density at radius 3 is 2.41 bits per heavy atom. The maximum atomic E-state index is 12.4. The lowest BCUT2D eigenvalue weighted by atomic mass is 10.2. The molecule has 4 aromatic rings. The first-order chi connectivity index (χ1) is 15.6. The number of halogens is 1. The number of hydrogen-bond acceptors (Lipinski definition) is 7. The largest absolute Gasteiger partial charge is 0.393 e. The van der Waals surface area contributed by atoms with Crippen LogP contribution in [0.4, 0.5) is 23.1 Å². The van der Waals surface area contributed by atoms with Crippen molar-refractivity contribution in [3.8, 4) is 0 Å². The first-order valence-electron chi connectivity index (χ1n) is 9.76. The third kappa shape index (κ3) is 4.93. The van der Waals surface area contributed by atoms with E-state index in [0.29, 0.717) is 28.8 Å². The second-order valence-corrected chi connectivity index (χ2v) is 7.24. The molecule has 0 saturated carbocycles. The first kappa shape index (κ1) is 21.1. The first-order valence-corrected chi connectivity index (χ1v) is 10.1. The third-order valence-corrected chi connectivity index (χ3v) is 4.88. The van der Waals surface area contributed by atoms with E-state index in [2.05, 4.69) is 25.8 Å². The van der Waals surface area contributed by atoms with Gasteiger partial charge in [0.05, 0.1) is 6.54 Å². The Balaban J connectivity index is 1.59. The van der Waals surface area contributed by atoms with E-state index in [-0.39, 0.29) is 17.4 Å². The molecule has 4 rings (SSSR count). The quantitative estimate of drug-likeness (QED) is 0.366. The number of aromatic nitrogens is 3. The number of pyridine rings is 1. The smallest absolute Gasteiger partial charge is 0.269 e. The average molecular weight is 446 g/mol. The number of anilines is 4. The van der Waals surface area contributed by atoms with Crippen LogP contribution in [0.5, 0.6) is 0 Å². The van der Waals surface area contributed by atoms with Crippen molar-refractivity contribution in [3.05, 3.63) is 101 Å². The number of carbonyl (C=O) groups excluding carboxylic acids is 1. The number of amides is 1. The summed E-state index contributed by atoms with van der Waals surface area (Å²) in [5, 5.41) is 0.548. The molecule has 9 heteroatoms. The van der Waals surface area contributed by atoms with Crippen LogP contribution in [0.15, 0.2) is 85.3 Å². The summed E-state index contributed by atoms with van der Waals surface area (Å²) in [7, 11) is 0. The third-order valence-electron chi connectivity index (χ3n) is 4.63. The molecule has 0 aliphatic carbocycles. The Labute approximate surface area is 190 Å². The lowest BCUT2D eigenvalue weighted by Gasteiger charge is -2.24. The van der Waals surface area contributed by atoms with E-state index < -0.39 is 0 Å². The van der Waals surface area contributed by atoms with Crippen molar-refractivity contribution in [1.82, 2.24) is 20.4 Å². The molecule has 0 aliphatic heterocycles. The number of nitrogens with one attached hydrogen (secondary N) is 2. The van der Waals surface area contributed by atoms with Gasteiger partial charge in [-0.25, -0.2) is 15.0 Å². The molecule has 0 aliphatic rings. The van der Waals surface area contributed by atoms with Crippen LogP contribution in [0.25, 0.3) is 0 Å². The van der Waals surface area contributed by atoms with E-state index in [9.17, 15) is 4.79 Å². The number of hydrogen-bond donors (Lipinski definition) is 3. The SMILES string of the molecule is Nc1c(NNC(=O)c2ccc(Cl)cc2)ncnc1N(Cc1ccccc1)c1ccccn1.